The van der Waals surface area contributed by atoms with Crippen LogP contribution in [-0.4, -0.2) is 11.9 Å². The van der Waals surface area contributed by atoms with Crippen LogP contribution in [-0.2, 0) is 6.42 Å². The van der Waals surface area contributed by atoms with E-state index < -0.39 is 0 Å². The molecule has 0 fully saturated rings. The lowest BCUT2D eigenvalue weighted by Gasteiger charge is -2.15. The van der Waals surface area contributed by atoms with Gasteiger partial charge in [0.1, 0.15) is 5.82 Å². The van der Waals surface area contributed by atoms with E-state index >= 15 is 0 Å². The zero-order chi connectivity index (χ0) is 12.0. The molecule has 90 valence electrons. The highest BCUT2D eigenvalue weighted by atomic mass is 79.9. The van der Waals surface area contributed by atoms with Gasteiger partial charge in [-0.1, -0.05) is 6.07 Å². The molecule has 0 heterocycles. The van der Waals surface area contributed by atoms with Gasteiger partial charge in [-0.05, 0) is 52.9 Å². The minimum absolute atomic E-state index is 0.177. The Morgan fingerprint density at radius 3 is 2.81 bits per heavy atom. The van der Waals surface area contributed by atoms with E-state index in [1.54, 1.807) is 12.1 Å². The maximum Gasteiger partial charge on any atom is 0.137 e. The molecule has 0 aliphatic heterocycles. The van der Waals surface area contributed by atoms with E-state index in [-0.39, 0.29) is 11.9 Å². The van der Waals surface area contributed by atoms with E-state index in [0.717, 1.165) is 24.8 Å². The van der Waals surface area contributed by atoms with Gasteiger partial charge in [0, 0.05) is 11.9 Å². The molecule has 0 aliphatic rings. The molecule has 0 aromatic heterocycles. The first-order valence-corrected chi connectivity index (χ1v) is 6.46. The van der Waals surface area contributed by atoms with Crippen LogP contribution in [0.4, 0.5) is 4.39 Å². The molecule has 0 amide bonds. The molecule has 1 aromatic carbocycles. The smallest absolute Gasteiger partial charge is 0.137 e. The lowest BCUT2D eigenvalue weighted by atomic mass is 10.0. The highest BCUT2D eigenvalue weighted by Gasteiger charge is 2.08. The van der Waals surface area contributed by atoms with Gasteiger partial charge in [-0.3, -0.25) is 11.3 Å². The van der Waals surface area contributed by atoms with Crippen LogP contribution in [0.15, 0.2) is 22.7 Å². The zero-order valence-corrected chi connectivity index (χ0v) is 11.2. The molecular weight excluding hydrogens is 294 g/mol. The monoisotopic (exact) mass is 308 g/mol. The Kier molecular flexibility index (Phi) is 6.28. The maximum atomic E-state index is 13.0. The highest BCUT2D eigenvalue weighted by molar-refractivity contribution is 9.10. The minimum Gasteiger partial charge on any atom is -0.271 e. The molecule has 1 rings (SSSR count). The van der Waals surface area contributed by atoms with Crippen LogP contribution in [0.5, 0.6) is 0 Å². The number of rotatable bonds is 6. The Morgan fingerprint density at radius 1 is 1.50 bits per heavy atom. The molecule has 0 saturated heterocycles. The van der Waals surface area contributed by atoms with E-state index in [4.69, 9.17) is 17.4 Å². The molecule has 0 saturated carbocycles. The highest BCUT2D eigenvalue weighted by Crippen LogP contribution is 2.18. The standard InChI is InChI=1S/C11H15BrClFN2/c12-10-7-8(3-4-11(10)14)6-9(16-15)2-1-5-13/h3-4,7,9,16H,1-2,5-6,15H2. The van der Waals surface area contributed by atoms with Crippen molar-refractivity contribution in [2.24, 2.45) is 5.84 Å². The molecule has 1 unspecified atom stereocenters. The maximum absolute atomic E-state index is 13.0. The normalized spacial score (nSPS) is 12.8. The summed E-state index contributed by atoms with van der Waals surface area (Å²) in [6.07, 6.45) is 2.60. The molecule has 0 aliphatic carbocycles. The number of nitrogens with one attached hydrogen (secondary N) is 1. The van der Waals surface area contributed by atoms with Crippen molar-refractivity contribution in [2.45, 2.75) is 25.3 Å². The number of alkyl halides is 1. The number of hydrazine groups is 1. The summed E-state index contributed by atoms with van der Waals surface area (Å²) in [5.41, 5.74) is 3.80. The third kappa shape index (κ3) is 4.37. The number of benzene rings is 1. The van der Waals surface area contributed by atoms with Crippen molar-refractivity contribution < 1.29 is 4.39 Å². The summed E-state index contributed by atoms with van der Waals surface area (Å²) in [5.74, 6) is 5.83. The Labute approximate surface area is 108 Å². The van der Waals surface area contributed by atoms with Crippen molar-refractivity contribution in [1.82, 2.24) is 5.43 Å². The van der Waals surface area contributed by atoms with Crippen molar-refractivity contribution in [3.05, 3.63) is 34.1 Å². The quantitative estimate of drug-likeness (QED) is 0.482. The number of halogens is 3. The van der Waals surface area contributed by atoms with E-state index in [2.05, 4.69) is 21.4 Å². The van der Waals surface area contributed by atoms with Crippen LogP contribution in [0.1, 0.15) is 18.4 Å². The van der Waals surface area contributed by atoms with Gasteiger partial charge in [0.15, 0.2) is 0 Å². The molecule has 1 aromatic rings. The van der Waals surface area contributed by atoms with Gasteiger partial charge >= 0.3 is 0 Å². The van der Waals surface area contributed by atoms with Crippen LogP contribution in [0, 0.1) is 5.82 Å². The molecule has 1 atom stereocenters. The predicted octanol–water partition coefficient (Wildman–Crippen LogP) is 2.98. The predicted molar refractivity (Wildman–Crippen MR) is 68.9 cm³/mol. The van der Waals surface area contributed by atoms with Gasteiger partial charge in [0.2, 0.25) is 0 Å². The lowest BCUT2D eigenvalue weighted by molar-refractivity contribution is 0.486. The van der Waals surface area contributed by atoms with Gasteiger partial charge in [-0.2, -0.15) is 0 Å². The average molecular weight is 310 g/mol. The van der Waals surface area contributed by atoms with Crippen molar-refractivity contribution >= 4 is 27.5 Å². The van der Waals surface area contributed by atoms with Crippen molar-refractivity contribution in [2.75, 3.05) is 5.88 Å². The van der Waals surface area contributed by atoms with Gasteiger partial charge in [0.25, 0.3) is 0 Å². The third-order valence-corrected chi connectivity index (χ3v) is 3.26. The van der Waals surface area contributed by atoms with Crippen molar-refractivity contribution in [3.63, 3.8) is 0 Å². The first-order valence-electron chi connectivity index (χ1n) is 5.13. The summed E-state index contributed by atoms with van der Waals surface area (Å²) >= 11 is 8.79. The van der Waals surface area contributed by atoms with Gasteiger partial charge in [-0.25, -0.2) is 4.39 Å². The van der Waals surface area contributed by atoms with Gasteiger partial charge in [0.05, 0.1) is 4.47 Å². The largest absolute Gasteiger partial charge is 0.271 e. The topological polar surface area (TPSA) is 38.0 Å². The fourth-order valence-electron chi connectivity index (χ4n) is 1.52. The Hall–Kier alpha value is -0.160. The summed E-state index contributed by atoms with van der Waals surface area (Å²) in [5, 5.41) is 0. The molecule has 3 N–H and O–H groups in total. The van der Waals surface area contributed by atoms with Crippen LogP contribution in [0.2, 0.25) is 0 Å². The lowest BCUT2D eigenvalue weighted by Crippen LogP contribution is -2.36. The molecule has 16 heavy (non-hydrogen) atoms. The Morgan fingerprint density at radius 2 is 2.25 bits per heavy atom. The molecule has 2 nitrogen and oxygen atoms in total. The SMILES string of the molecule is NNC(CCCCl)Cc1ccc(F)c(Br)c1. The summed E-state index contributed by atoms with van der Waals surface area (Å²) in [6, 6.07) is 5.18. The molecule has 0 spiro atoms. The fourth-order valence-corrected chi connectivity index (χ4v) is 2.10. The first-order chi connectivity index (χ1) is 7.67. The molecule has 5 heteroatoms. The van der Waals surface area contributed by atoms with Crippen LogP contribution >= 0.6 is 27.5 Å². The number of hydrogen-bond acceptors (Lipinski definition) is 2. The summed E-state index contributed by atoms with van der Waals surface area (Å²) in [6.45, 7) is 0. The fraction of sp³-hybridized carbons (Fsp3) is 0.455. The van der Waals surface area contributed by atoms with Gasteiger partial charge in [-0.15, -0.1) is 11.6 Å². The van der Waals surface area contributed by atoms with Crippen LogP contribution in [0.3, 0.4) is 0 Å². The minimum atomic E-state index is -0.248. The van der Waals surface area contributed by atoms with E-state index in [1.165, 1.54) is 6.07 Å². The van der Waals surface area contributed by atoms with Crippen LogP contribution < -0.4 is 11.3 Å². The summed E-state index contributed by atoms with van der Waals surface area (Å²) in [4.78, 5) is 0. The Balaban J connectivity index is 2.59. The van der Waals surface area contributed by atoms with E-state index in [0.29, 0.717) is 10.4 Å². The zero-order valence-electron chi connectivity index (χ0n) is 8.85. The second kappa shape index (κ2) is 7.22. The van der Waals surface area contributed by atoms with E-state index in [1.807, 2.05) is 0 Å². The average Bonchev–Trinajstić information content (AvgIpc) is 2.29. The number of nitrogens with two attached hydrogens (primary N) is 1. The third-order valence-electron chi connectivity index (χ3n) is 2.39. The second-order valence-electron chi connectivity index (χ2n) is 3.65. The van der Waals surface area contributed by atoms with E-state index in [9.17, 15) is 4.39 Å². The van der Waals surface area contributed by atoms with Gasteiger partial charge < -0.3 is 0 Å². The molecule has 0 radical (unpaired) electrons. The van der Waals surface area contributed by atoms with Crippen LogP contribution in [0.25, 0.3) is 0 Å². The first kappa shape index (κ1) is 13.9. The second-order valence-corrected chi connectivity index (χ2v) is 4.88. The number of hydrogen-bond donors (Lipinski definition) is 2. The molecular formula is C11H15BrClFN2. The summed E-state index contributed by atoms with van der Waals surface area (Å²) < 4.78 is 13.5. The Bertz CT molecular complexity index is 336. The van der Waals surface area contributed by atoms with Crippen molar-refractivity contribution in [1.29, 1.82) is 0 Å². The van der Waals surface area contributed by atoms with Crippen molar-refractivity contribution in [3.8, 4) is 0 Å². The molecule has 0 bridgehead atoms. The summed E-state index contributed by atoms with van der Waals surface area (Å²) in [7, 11) is 0.